The lowest BCUT2D eigenvalue weighted by Crippen LogP contribution is -2.02. The molecule has 0 saturated heterocycles. The highest BCUT2D eigenvalue weighted by molar-refractivity contribution is 7.11. The van der Waals surface area contributed by atoms with Gasteiger partial charge in [0, 0.05) is 11.1 Å². The first-order chi connectivity index (χ1) is 5.22. The normalized spacial score (nSPS) is 9.64. The summed E-state index contributed by atoms with van der Waals surface area (Å²) in [5.41, 5.74) is 0. The Labute approximate surface area is 69.0 Å². The first kappa shape index (κ1) is 8.20. The maximum Gasteiger partial charge on any atom is 0.310 e. The van der Waals surface area contributed by atoms with E-state index in [0.717, 1.165) is 9.88 Å². The van der Waals surface area contributed by atoms with Crippen molar-refractivity contribution in [2.24, 2.45) is 0 Å². The van der Waals surface area contributed by atoms with Gasteiger partial charge in [0.1, 0.15) is 0 Å². The molecule has 0 saturated carbocycles. The minimum Gasteiger partial charge on any atom is -0.469 e. The predicted octanol–water partition coefficient (Wildman–Crippen LogP) is 1.17. The lowest BCUT2D eigenvalue weighted by Gasteiger charge is -1.92. The Balaban J connectivity index is 2.57. The summed E-state index contributed by atoms with van der Waals surface area (Å²) in [4.78, 5) is 15.7. The summed E-state index contributed by atoms with van der Waals surface area (Å²) in [6.07, 6.45) is 2.04. The topological polar surface area (TPSA) is 39.2 Å². The number of aryl methyl sites for hydroxylation is 1. The van der Waals surface area contributed by atoms with E-state index < -0.39 is 0 Å². The van der Waals surface area contributed by atoms with E-state index in [9.17, 15) is 4.79 Å². The number of methoxy groups -OCH3 is 1. The van der Waals surface area contributed by atoms with Gasteiger partial charge in [0.25, 0.3) is 0 Å². The summed E-state index contributed by atoms with van der Waals surface area (Å²) >= 11 is 1.52. The second-order valence-corrected chi connectivity index (χ2v) is 3.42. The maximum atomic E-state index is 10.7. The monoisotopic (exact) mass is 171 g/mol. The number of hydrogen-bond donors (Lipinski definition) is 0. The fourth-order valence-corrected chi connectivity index (χ4v) is 1.48. The summed E-state index contributed by atoms with van der Waals surface area (Å²) in [6, 6.07) is 0. The molecule has 0 aromatic carbocycles. The van der Waals surface area contributed by atoms with E-state index >= 15 is 0 Å². The molecule has 11 heavy (non-hydrogen) atoms. The highest BCUT2D eigenvalue weighted by Gasteiger charge is 2.04. The van der Waals surface area contributed by atoms with E-state index in [4.69, 9.17) is 0 Å². The van der Waals surface area contributed by atoms with Crippen LogP contribution in [0.1, 0.15) is 9.88 Å². The Hall–Kier alpha value is -0.900. The SMILES string of the molecule is COC(=O)Cc1cnc(C)s1. The largest absolute Gasteiger partial charge is 0.469 e. The van der Waals surface area contributed by atoms with Crippen LogP contribution in [0, 0.1) is 6.92 Å². The van der Waals surface area contributed by atoms with Crippen molar-refractivity contribution in [3.63, 3.8) is 0 Å². The highest BCUT2D eigenvalue weighted by Crippen LogP contribution is 2.11. The quantitative estimate of drug-likeness (QED) is 0.627. The minimum absolute atomic E-state index is 0.214. The number of carbonyl (C=O) groups is 1. The van der Waals surface area contributed by atoms with Crippen LogP contribution in [0.25, 0.3) is 0 Å². The van der Waals surface area contributed by atoms with E-state index in [1.807, 2.05) is 6.92 Å². The van der Waals surface area contributed by atoms with Gasteiger partial charge in [-0.05, 0) is 6.92 Å². The lowest BCUT2D eigenvalue weighted by molar-refractivity contribution is -0.139. The van der Waals surface area contributed by atoms with Crippen molar-refractivity contribution in [3.8, 4) is 0 Å². The van der Waals surface area contributed by atoms with Crippen LogP contribution in [-0.2, 0) is 16.0 Å². The van der Waals surface area contributed by atoms with Gasteiger partial charge in [-0.1, -0.05) is 0 Å². The zero-order valence-corrected chi connectivity index (χ0v) is 7.27. The first-order valence-electron chi connectivity index (χ1n) is 3.20. The highest BCUT2D eigenvalue weighted by atomic mass is 32.1. The van der Waals surface area contributed by atoms with Crippen LogP contribution in [0.15, 0.2) is 6.20 Å². The molecule has 1 heterocycles. The number of esters is 1. The van der Waals surface area contributed by atoms with Gasteiger partial charge in [0.05, 0.1) is 18.5 Å². The van der Waals surface area contributed by atoms with E-state index in [-0.39, 0.29) is 5.97 Å². The van der Waals surface area contributed by atoms with E-state index in [1.165, 1.54) is 18.4 Å². The van der Waals surface area contributed by atoms with Crippen LogP contribution in [0.5, 0.6) is 0 Å². The van der Waals surface area contributed by atoms with Gasteiger partial charge >= 0.3 is 5.97 Å². The molecular formula is C7H9NO2S. The lowest BCUT2D eigenvalue weighted by atomic mass is 10.4. The molecule has 0 aliphatic rings. The number of rotatable bonds is 2. The Bertz CT molecular complexity index is 257. The molecule has 1 aromatic heterocycles. The third-order valence-electron chi connectivity index (χ3n) is 1.22. The van der Waals surface area contributed by atoms with Gasteiger partial charge in [-0.25, -0.2) is 4.98 Å². The molecule has 0 radical (unpaired) electrons. The molecule has 0 fully saturated rings. The molecule has 60 valence electrons. The van der Waals surface area contributed by atoms with Crippen molar-refractivity contribution in [1.82, 2.24) is 4.98 Å². The molecule has 1 rings (SSSR count). The molecule has 0 unspecified atom stereocenters. The van der Waals surface area contributed by atoms with Gasteiger partial charge < -0.3 is 4.74 Å². The molecule has 0 aliphatic carbocycles. The standard InChI is InChI=1S/C7H9NO2S/c1-5-8-4-6(11-5)3-7(9)10-2/h4H,3H2,1-2H3. The van der Waals surface area contributed by atoms with Crippen molar-refractivity contribution in [1.29, 1.82) is 0 Å². The summed E-state index contributed by atoms with van der Waals surface area (Å²) in [6.45, 7) is 1.91. The number of ether oxygens (including phenoxy) is 1. The van der Waals surface area contributed by atoms with Crippen molar-refractivity contribution >= 4 is 17.3 Å². The first-order valence-corrected chi connectivity index (χ1v) is 4.02. The Kier molecular flexibility index (Phi) is 2.59. The van der Waals surface area contributed by atoms with Crippen molar-refractivity contribution in [2.45, 2.75) is 13.3 Å². The van der Waals surface area contributed by atoms with Crippen LogP contribution < -0.4 is 0 Å². The van der Waals surface area contributed by atoms with Crippen LogP contribution in [0.2, 0.25) is 0 Å². The fraction of sp³-hybridized carbons (Fsp3) is 0.429. The summed E-state index contributed by atoms with van der Waals surface area (Å²) < 4.78 is 4.50. The van der Waals surface area contributed by atoms with E-state index in [0.29, 0.717) is 6.42 Å². The second kappa shape index (κ2) is 3.48. The molecule has 0 atom stereocenters. The third-order valence-corrected chi connectivity index (χ3v) is 2.13. The average molecular weight is 171 g/mol. The van der Waals surface area contributed by atoms with E-state index in [1.54, 1.807) is 6.20 Å². The maximum absolute atomic E-state index is 10.7. The Morgan fingerprint density at radius 1 is 1.82 bits per heavy atom. The van der Waals surface area contributed by atoms with Crippen LogP contribution in [0.4, 0.5) is 0 Å². The molecule has 0 amide bonds. The Morgan fingerprint density at radius 3 is 3.00 bits per heavy atom. The smallest absolute Gasteiger partial charge is 0.310 e. The summed E-state index contributed by atoms with van der Waals surface area (Å²) in [5, 5.41) is 0.976. The number of hydrogen-bond acceptors (Lipinski definition) is 4. The molecule has 3 nitrogen and oxygen atoms in total. The van der Waals surface area contributed by atoms with Gasteiger partial charge in [-0.3, -0.25) is 4.79 Å². The molecule has 0 bridgehead atoms. The van der Waals surface area contributed by atoms with E-state index in [2.05, 4.69) is 9.72 Å². The molecular weight excluding hydrogens is 162 g/mol. The summed E-state index contributed by atoms with van der Waals surface area (Å²) in [5.74, 6) is -0.214. The van der Waals surface area contributed by atoms with Crippen LogP contribution >= 0.6 is 11.3 Å². The molecule has 0 spiro atoms. The van der Waals surface area contributed by atoms with Crippen molar-refractivity contribution < 1.29 is 9.53 Å². The van der Waals surface area contributed by atoms with Crippen molar-refractivity contribution in [2.75, 3.05) is 7.11 Å². The zero-order valence-electron chi connectivity index (χ0n) is 6.46. The second-order valence-electron chi connectivity index (χ2n) is 2.10. The molecule has 4 heteroatoms. The number of nitrogens with zero attached hydrogens (tertiary/aromatic N) is 1. The van der Waals surface area contributed by atoms with Crippen LogP contribution in [-0.4, -0.2) is 18.1 Å². The fourth-order valence-electron chi connectivity index (χ4n) is 0.701. The summed E-state index contributed by atoms with van der Waals surface area (Å²) in [7, 11) is 1.39. The van der Waals surface area contributed by atoms with Gasteiger partial charge in [0.2, 0.25) is 0 Å². The van der Waals surface area contributed by atoms with Crippen LogP contribution in [0.3, 0.4) is 0 Å². The zero-order chi connectivity index (χ0) is 8.27. The third kappa shape index (κ3) is 2.31. The van der Waals surface area contributed by atoms with Gasteiger partial charge in [-0.15, -0.1) is 11.3 Å². The molecule has 1 aromatic rings. The molecule has 0 aliphatic heterocycles. The van der Waals surface area contributed by atoms with Crippen molar-refractivity contribution in [3.05, 3.63) is 16.1 Å². The molecule has 0 N–H and O–H groups in total. The number of thiazole rings is 1. The van der Waals surface area contributed by atoms with Gasteiger partial charge in [-0.2, -0.15) is 0 Å². The number of carbonyl (C=O) groups excluding carboxylic acids is 1. The number of aromatic nitrogens is 1. The van der Waals surface area contributed by atoms with Gasteiger partial charge in [0.15, 0.2) is 0 Å². The predicted molar refractivity (Wildman–Crippen MR) is 42.6 cm³/mol. The Morgan fingerprint density at radius 2 is 2.55 bits per heavy atom. The minimum atomic E-state index is -0.214. The average Bonchev–Trinajstić information content (AvgIpc) is 2.35.